The summed E-state index contributed by atoms with van der Waals surface area (Å²) >= 11 is 0. The lowest BCUT2D eigenvalue weighted by molar-refractivity contribution is 0.669. The Morgan fingerprint density at radius 2 is 0.943 bits per heavy atom. The topological polar surface area (TPSA) is 29.5 Å². The number of benzene rings is 9. The number of hydrogen-bond donors (Lipinski definition) is 0. The molecule has 0 saturated heterocycles. The molecule has 0 aliphatic rings. The molecule has 2 heterocycles. The van der Waals surface area contributed by atoms with Crippen molar-refractivity contribution in [2.75, 3.05) is 4.90 Å². The van der Waals surface area contributed by atoms with Crippen LogP contribution in [0.5, 0.6) is 0 Å². The molecule has 0 radical (unpaired) electrons. The molecule has 248 valence electrons. The van der Waals surface area contributed by atoms with Gasteiger partial charge in [0.1, 0.15) is 22.3 Å². The van der Waals surface area contributed by atoms with Crippen LogP contribution >= 0.6 is 0 Å². The third kappa shape index (κ3) is 4.61. The van der Waals surface area contributed by atoms with Crippen molar-refractivity contribution >= 4 is 82.5 Å². The van der Waals surface area contributed by atoms with E-state index in [1.165, 1.54) is 27.1 Å². The molecule has 0 atom stereocenters. The van der Waals surface area contributed by atoms with Crippen molar-refractivity contribution in [1.29, 1.82) is 0 Å². The second kappa shape index (κ2) is 11.7. The first-order chi connectivity index (χ1) is 26.3. The van der Waals surface area contributed by atoms with Gasteiger partial charge in [0.05, 0.1) is 16.8 Å². The molecule has 9 aromatic carbocycles. The highest BCUT2D eigenvalue weighted by atomic mass is 16.3. The van der Waals surface area contributed by atoms with E-state index in [2.05, 4.69) is 169 Å². The summed E-state index contributed by atoms with van der Waals surface area (Å²) in [5, 5.41) is 9.32. The van der Waals surface area contributed by atoms with Crippen LogP contribution in [0, 0.1) is 0 Å². The Kier molecular flexibility index (Phi) is 6.55. The minimum absolute atomic E-state index is 0.852. The Balaban J connectivity index is 1.20. The molecule has 3 heteroatoms. The first-order valence-electron chi connectivity index (χ1n) is 18.0. The number of nitrogens with zero attached hydrogens (tertiary/aromatic N) is 1. The van der Waals surface area contributed by atoms with Crippen molar-refractivity contribution in [3.05, 3.63) is 188 Å². The smallest absolute Gasteiger partial charge is 0.143 e. The number of fused-ring (bicyclic) bond motifs is 9. The number of furan rings is 2. The lowest BCUT2D eigenvalue weighted by Gasteiger charge is -2.29. The van der Waals surface area contributed by atoms with Gasteiger partial charge in [-0.3, -0.25) is 0 Å². The molecule has 0 spiro atoms. The molecular formula is C50H31NO2. The molecule has 0 amide bonds. The van der Waals surface area contributed by atoms with Crippen LogP contribution in [0.1, 0.15) is 0 Å². The van der Waals surface area contributed by atoms with Gasteiger partial charge in [-0.05, 0) is 81.2 Å². The SMILES string of the molecule is c1cc(-c2cccc3c2oc2ccccc23)cc(N(c2ccccc2-c2cc3ccccc3c3ccccc23)c2cccc3oc4ccccc4c23)c1. The standard InChI is InChI=1S/C50H31NO2/c1-2-17-35-33(14-1)31-43(38-19-4-3-18-37(35)38)39-20-5-8-25-44(39)51(45-26-13-29-48-49(45)42-22-7-10-28-47(42)52-48)34-16-11-15-32(30-34)36-23-12-24-41-40-21-6-9-27-46(40)53-50(36)41/h1-31H. The predicted octanol–water partition coefficient (Wildman–Crippen LogP) is 14.6. The summed E-state index contributed by atoms with van der Waals surface area (Å²) in [5.74, 6) is 0. The summed E-state index contributed by atoms with van der Waals surface area (Å²) in [7, 11) is 0. The molecule has 53 heavy (non-hydrogen) atoms. The van der Waals surface area contributed by atoms with Crippen LogP contribution in [0.25, 0.3) is 87.7 Å². The molecule has 0 saturated carbocycles. The zero-order valence-electron chi connectivity index (χ0n) is 28.7. The molecule has 11 rings (SSSR count). The molecule has 0 unspecified atom stereocenters. The van der Waals surface area contributed by atoms with E-state index in [0.29, 0.717) is 0 Å². The Hall–Kier alpha value is -7.10. The summed E-state index contributed by atoms with van der Waals surface area (Å²) in [6, 6.07) is 66.8. The summed E-state index contributed by atoms with van der Waals surface area (Å²) in [6.45, 7) is 0. The molecule has 11 aromatic rings. The first kappa shape index (κ1) is 29.6. The van der Waals surface area contributed by atoms with Gasteiger partial charge in [0.25, 0.3) is 0 Å². The Morgan fingerprint density at radius 3 is 1.83 bits per heavy atom. The zero-order valence-corrected chi connectivity index (χ0v) is 28.7. The van der Waals surface area contributed by atoms with Crippen molar-refractivity contribution in [1.82, 2.24) is 0 Å². The van der Waals surface area contributed by atoms with Gasteiger partial charge in [-0.2, -0.15) is 0 Å². The average Bonchev–Trinajstić information content (AvgIpc) is 3.80. The quantitative estimate of drug-likeness (QED) is 0.170. The monoisotopic (exact) mass is 677 g/mol. The maximum absolute atomic E-state index is 6.53. The van der Waals surface area contributed by atoms with Gasteiger partial charge in [0.2, 0.25) is 0 Å². The van der Waals surface area contributed by atoms with Gasteiger partial charge in [-0.15, -0.1) is 0 Å². The number of hydrogen-bond acceptors (Lipinski definition) is 3. The fraction of sp³-hybridized carbons (Fsp3) is 0. The third-order valence-electron chi connectivity index (χ3n) is 10.6. The maximum Gasteiger partial charge on any atom is 0.143 e. The van der Waals surface area contributed by atoms with Crippen LogP contribution in [0.3, 0.4) is 0 Å². The van der Waals surface area contributed by atoms with E-state index in [0.717, 1.165) is 77.6 Å². The van der Waals surface area contributed by atoms with Crippen LogP contribution in [-0.2, 0) is 0 Å². The number of para-hydroxylation sites is 4. The molecule has 0 aliphatic carbocycles. The van der Waals surface area contributed by atoms with E-state index in [1.807, 2.05) is 24.3 Å². The second-order valence-corrected chi connectivity index (χ2v) is 13.6. The van der Waals surface area contributed by atoms with Gasteiger partial charge in [0, 0.05) is 33.0 Å². The van der Waals surface area contributed by atoms with Crippen molar-refractivity contribution in [3.63, 3.8) is 0 Å². The molecule has 3 nitrogen and oxygen atoms in total. The predicted molar refractivity (Wildman–Crippen MR) is 222 cm³/mol. The van der Waals surface area contributed by atoms with E-state index in [9.17, 15) is 0 Å². The molecule has 2 aromatic heterocycles. The molecular weight excluding hydrogens is 647 g/mol. The van der Waals surface area contributed by atoms with Gasteiger partial charge in [0.15, 0.2) is 0 Å². The van der Waals surface area contributed by atoms with Crippen molar-refractivity contribution in [2.24, 2.45) is 0 Å². The third-order valence-corrected chi connectivity index (χ3v) is 10.6. The summed E-state index contributed by atoms with van der Waals surface area (Å²) < 4.78 is 13.0. The molecule has 0 N–H and O–H groups in total. The van der Waals surface area contributed by atoms with E-state index in [1.54, 1.807) is 0 Å². The fourth-order valence-electron chi connectivity index (χ4n) is 8.31. The summed E-state index contributed by atoms with van der Waals surface area (Å²) in [6.07, 6.45) is 0. The van der Waals surface area contributed by atoms with Gasteiger partial charge < -0.3 is 13.7 Å². The lowest BCUT2D eigenvalue weighted by Crippen LogP contribution is -2.12. The van der Waals surface area contributed by atoms with Crippen LogP contribution in [0.4, 0.5) is 17.1 Å². The Labute approximate surface area is 305 Å². The highest BCUT2D eigenvalue weighted by Gasteiger charge is 2.23. The minimum atomic E-state index is 0.852. The fourth-order valence-corrected chi connectivity index (χ4v) is 8.31. The maximum atomic E-state index is 6.53. The van der Waals surface area contributed by atoms with Gasteiger partial charge in [-0.1, -0.05) is 140 Å². The lowest BCUT2D eigenvalue weighted by atomic mass is 9.92. The zero-order chi connectivity index (χ0) is 34.9. The minimum Gasteiger partial charge on any atom is -0.456 e. The summed E-state index contributed by atoms with van der Waals surface area (Å²) in [5.41, 5.74) is 11.1. The first-order valence-corrected chi connectivity index (χ1v) is 18.0. The second-order valence-electron chi connectivity index (χ2n) is 13.6. The van der Waals surface area contributed by atoms with Gasteiger partial charge >= 0.3 is 0 Å². The van der Waals surface area contributed by atoms with E-state index in [-0.39, 0.29) is 0 Å². The largest absolute Gasteiger partial charge is 0.456 e. The number of rotatable bonds is 5. The summed E-state index contributed by atoms with van der Waals surface area (Å²) in [4.78, 5) is 2.41. The highest BCUT2D eigenvalue weighted by Crippen LogP contribution is 2.48. The Bertz CT molecular complexity index is 3200. The van der Waals surface area contributed by atoms with Crippen LogP contribution < -0.4 is 4.90 Å². The van der Waals surface area contributed by atoms with Crippen molar-refractivity contribution in [2.45, 2.75) is 0 Å². The normalized spacial score (nSPS) is 11.8. The van der Waals surface area contributed by atoms with E-state index in [4.69, 9.17) is 8.83 Å². The Morgan fingerprint density at radius 1 is 0.340 bits per heavy atom. The van der Waals surface area contributed by atoms with Crippen molar-refractivity contribution in [3.8, 4) is 22.3 Å². The van der Waals surface area contributed by atoms with Crippen LogP contribution in [-0.4, -0.2) is 0 Å². The average molecular weight is 678 g/mol. The van der Waals surface area contributed by atoms with Gasteiger partial charge in [-0.25, -0.2) is 0 Å². The molecule has 0 aliphatic heterocycles. The van der Waals surface area contributed by atoms with Crippen molar-refractivity contribution < 1.29 is 8.83 Å². The van der Waals surface area contributed by atoms with E-state index < -0.39 is 0 Å². The molecule has 0 bridgehead atoms. The molecule has 0 fully saturated rings. The highest BCUT2D eigenvalue weighted by molar-refractivity contribution is 6.17. The number of anilines is 3. The van der Waals surface area contributed by atoms with Crippen LogP contribution in [0.15, 0.2) is 197 Å². The van der Waals surface area contributed by atoms with E-state index >= 15 is 0 Å². The van der Waals surface area contributed by atoms with Crippen LogP contribution in [0.2, 0.25) is 0 Å².